The summed E-state index contributed by atoms with van der Waals surface area (Å²) in [6.07, 6.45) is 9.29. The second-order valence-electron chi connectivity index (χ2n) is 4.74. The first-order chi connectivity index (χ1) is 6.29. The Morgan fingerprint density at radius 3 is 2.23 bits per heavy atom. The molecule has 0 aromatic carbocycles. The molecule has 0 bridgehead atoms. The fraction of sp³-hybridized carbons (Fsp3) is 1.00. The third-order valence-corrected chi connectivity index (χ3v) is 4.48. The zero-order valence-electron chi connectivity index (χ0n) is 8.64. The smallest absolute Gasteiger partial charge is 0.0856 e. The molecular formula is C11H21NO. The predicted octanol–water partition coefficient (Wildman–Crippen LogP) is 2.07. The maximum absolute atomic E-state index is 5.91. The molecular weight excluding hydrogens is 162 g/mol. The standard InChI is InChI=1S/C11H21NO/c1-13-11(9-12)8-4-7-10(11)5-2-3-6-10/h2-9,12H2,1H3. The topological polar surface area (TPSA) is 35.2 Å². The van der Waals surface area contributed by atoms with E-state index in [2.05, 4.69) is 0 Å². The lowest BCUT2D eigenvalue weighted by Gasteiger charge is -2.42. The summed E-state index contributed by atoms with van der Waals surface area (Å²) in [5.41, 5.74) is 6.39. The van der Waals surface area contributed by atoms with Crippen LogP contribution in [0.1, 0.15) is 44.9 Å². The van der Waals surface area contributed by atoms with E-state index in [4.69, 9.17) is 10.5 Å². The molecule has 1 atom stereocenters. The van der Waals surface area contributed by atoms with Gasteiger partial charge in [-0.2, -0.15) is 0 Å². The number of nitrogens with two attached hydrogens (primary N) is 1. The molecule has 2 saturated carbocycles. The molecule has 2 aliphatic carbocycles. The normalized spacial score (nSPS) is 37.4. The van der Waals surface area contributed by atoms with Gasteiger partial charge in [0.15, 0.2) is 0 Å². The third kappa shape index (κ3) is 1.15. The average Bonchev–Trinajstić information content (AvgIpc) is 2.76. The van der Waals surface area contributed by atoms with Gasteiger partial charge < -0.3 is 10.5 Å². The van der Waals surface area contributed by atoms with Gasteiger partial charge in [0, 0.05) is 19.1 Å². The van der Waals surface area contributed by atoms with Crippen molar-refractivity contribution < 1.29 is 4.74 Å². The number of ether oxygens (including phenoxy) is 1. The van der Waals surface area contributed by atoms with Crippen LogP contribution < -0.4 is 5.73 Å². The van der Waals surface area contributed by atoms with Crippen molar-refractivity contribution in [2.24, 2.45) is 11.1 Å². The van der Waals surface area contributed by atoms with E-state index in [-0.39, 0.29) is 5.60 Å². The van der Waals surface area contributed by atoms with E-state index in [0.717, 1.165) is 0 Å². The number of hydrogen-bond donors (Lipinski definition) is 1. The molecule has 0 saturated heterocycles. The molecule has 2 heteroatoms. The molecule has 0 aliphatic heterocycles. The molecule has 1 spiro atoms. The highest BCUT2D eigenvalue weighted by Gasteiger charge is 2.55. The quantitative estimate of drug-likeness (QED) is 0.711. The van der Waals surface area contributed by atoms with Gasteiger partial charge in [-0.15, -0.1) is 0 Å². The van der Waals surface area contributed by atoms with Crippen molar-refractivity contribution in [2.45, 2.75) is 50.5 Å². The summed E-state index contributed by atoms with van der Waals surface area (Å²) < 4.78 is 5.76. The second-order valence-corrected chi connectivity index (χ2v) is 4.74. The summed E-state index contributed by atoms with van der Waals surface area (Å²) in [5, 5.41) is 0. The van der Waals surface area contributed by atoms with E-state index in [1.54, 1.807) is 0 Å². The Kier molecular flexibility index (Phi) is 2.37. The lowest BCUT2D eigenvalue weighted by atomic mass is 9.72. The van der Waals surface area contributed by atoms with Crippen LogP contribution in [0.5, 0.6) is 0 Å². The first kappa shape index (κ1) is 9.47. The van der Waals surface area contributed by atoms with Crippen LogP contribution in [-0.4, -0.2) is 19.3 Å². The molecule has 13 heavy (non-hydrogen) atoms. The molecule has 2 N–H and O–H groups in total. The lowest BCUT2D eigenvalue weighted by Crippen LogP contribution is -2.49. The summed E-state index contributed by atoms with van der Waals surface area (Å²) in [6.45, 7) is 0.712. The van der Waals surface area contributed by atoms with E-state index in [0.29, 0.717) is 12.0 Å². The molecule has 2 rings (SSSR count). The van der Waals surface area contributed by atoms with Crippen molar-refractivity contribution in [3.63, 3.8) is 0 Å². The minimum Gasteiger partial charge on any atom is -0.376 e. The highest BCUT2D eigenvalue weighted by molar-refractivity contribution is 5.07. The van der Waals surface area contributed by atoms with Gasteiger partial charge in [0.2, 0.25) is 0 Å². The third-order valence-electron chi connectivity index (χ3n) is 4.48. The van der Waals surface area contributed by atoms with E-state index in [1.807, 2.05) is 7.11 Å². The van der Waals surface area contributed by atoms with E-state index < -0.39 is 0 Å². The van der Waals surface area contributed by atoms with Crippen LogP contribution >= 0.6 is 0 Å². The van der Waals surface area contributed by atoms with Gasteiger partial charge in [-0.25, -0.2) is 0 Å². The van der Waals surface area contributed by atoms with Gasteiger partial charge in [0.05, 0.1) is 5.60 Å². The van der Waals surface area contributed by atoms with Crippen LogP contribution in [0.2, 0.25) is 0 Å². The summed E-state index contributed by atoms with van der Waals surface area (Å²) in [4.78, 5) is 0. The van der Waals surface area contributed by atoms with Gasteiger partial charge in [0.25, 0.3) is 0 Å². The first-order valence-corrected chi connectivity index (χ1v) is 5.54. The van der Waals surface area contributed by atoms with Gasteiger partial charge in [0.1, 0.15) is 0 Å². The monoisotopic (exact) mass is 183 g/mol. The van der Waals surface area contributed by atoms with E-state index >= 15 is 0 Å². The average molecular weight is 183 g/mol. The van der Waals surface area contributed by atoms with Crippen molar-refractivity contribution >= 4 is 0 Å². The van der Waals surface area contributed by atoms with Crippen LogP contribution in [-0.2, 0) is 4.74 Å². The van der Waals surface area contributed by atoms with Crippen LogP contribution in [0.3, 0.4) is 0 Å². The fourth-order valence-corrected chi connectivity index (χ4v) is 3.68. The van der Waals surface area contributed by atoms with Crippen LogP contribution in [0.25, 0.3) is 0 Å². The van der Waals surface area contributed by atoms with Crippen LogP contribution in [0.15, 0.2) is 0 Å². The van der Waals surface area contributed by atoms with Crippen molar-refractivity contribution in [1.82, 2.24) is 0 Å². The van der Waals surface area contributed by atoms with Gasteiger partial charge >= 0.3 is 0 Å². The van der Waals surface area contributed by atoms with Gasteiger partial charge in [-0.1, -0.05) is 12.8 Å². The second kappa shape index (κ2) is 3.25. The number of methoxy groups -OCH3 is 1. The van der Waals surface area contributed by atoms with Crippen molar-refractivity contribution in [2.75, 3.05) is 13.7 Å². The molecule has 2 nitrogen and oxygen atoms in total. The number of rotatable bonds is 2. The molecule has 76 valence electrons. The minimum atomic E-state index is 0.0313. The summed E-state index contributed by atoms with van der Waals surface area (Å²) in [6, 6.07) is 0. The minimum absolute atomic E-state index is 0.0313. The Labute approximate surface area is 80.8 Å². The molecule has 0 heterocycles. The highest BCUT2D eigenvalue weighted by atomic mass is 16.5. The Morgan fingerprint density at radius 2 is 1.69 bits per heavy atom. The molecule has 0 aromatic rings. The Bertz CT molecular complexity index is 170. The first-order valence-electron chi connectivity index (χ1n) is 5.54. The lowest BCUT2D eigenvalue weighted by molar-refractivity contribution is -0.0844. The van der Waals surface area contributed by atoms with Crippen molar-refractivity contribution in [3.05, 3.63) is 0 Å². The molecule has 1 unspecified atom stereocenters. The Morgan fingerprint density at radius 1 is 1.08 bits per heavy atom. The Hall–Kier alpha value is -0.0800. The maximum atomic E-state index is 5.91. The molecule has 2 fully saturated rings. The van der Waals surface area contributed by atoms with E-state index in [9.17, 15) is 0 Å². The molecule has 0 amide bonds. The van der Waals surface area contributed by atoms with Gasteiger partial charge in [-0.05, 0) is 32.1 Å². The van der Waals surface area contributed by atoms with Crippen LogP contribution in [0.4, 0.5) is 0 Å². The zero-order valence-corrected chi connectivity index (χ0v) is 8.64. The summed E-state index contributed by atoms with van der Waals surface area (Å²) in [7, 11) is 1.85. The summed E-state index contributed by atoms with van der Waals surface area (Å²) in [5.74, 6) is 0. The molecule has 0 radical (unpaired) electrons. The van der Waals surface area contributed by atoms with Crippen molar-refractivity contribution in [3.8, 4) is 0 Å². The largest absolute Gasteiger partial charge is 0.376 e. The van der Waals surface area contributed by atoms with Crippen LogP contribution in [0, 0.1) is 5.41 Å². The molecule has 2 aliphatic rings. The van der Waals surface area contributed by atoms with E-state index in [1.165, 1.54) is 44.9 Å². The van der Waals surface area contributed by atoms with Crippen molar-refractivity contribution in [1.29, 1.82) is 0 Å². The number of hydrogen-bond acceptors (Lipinski definition) is 2. The molecule has 0 aromatic heterocycles. The predicted molar refractivity (Wildman–Crippen MR) is 53.5 cm³/mol. The summed E-state index contributed by atoms with van der Waals surface area (Å²) >= 11 is 0. The maximum Gasteiger partial charge on any atom is 0.0856 e. The fourth-order valence-electron chi connectivity index (χ4n) is 3.68. The SMILES string of the molecule is COC1(CN)CCCC12CCCC2. The zero-order chi connectivity index (χ0) is 9.36. The Balaban J connectivity index is 2.25. The highest BCUT2D eigenvalue weighted by Crippen LogP contribution is 2.57. The van der Waals surface area contributed by atoms with Gasteiger partial charge in [-0.3, -0.25) is 0 Å².